The minimum absolute atomic E-state index is 0.255. The summed E-state index contributed by atoms with van der Waals surface area (Å²) >= 11 is 0. The van der Waals surface area contributed by atoms with E-state index >= 15 is 0 Å². The fourth-order valence-electron chi connectivity index (χ4n) is 2.60. The molecule has 0 spiro atoms. The lowest BCUT2D eigenvalue weighted by Gasteiger charge is -2.12. The highest BCUT2D eigenvalue weighted by atomic mass is 19.1. The summed E-state index contributed by atoms with van der Waals surface area (Å²) in [6.07, 6.45) is 1.93. The number of anilines is 2. The number of nitrogens with zero attached hydrogens (tertiary/aromatic N) is 2. The Hall–Kier alpha value is -3.48. The van der Waals surface area contributed by atoms with E-state index in [-0.39, 0.29) is 17.4 Å². The quantitative estimate of drug-likeness (QED) is 0.623. The second-order valence-electron chi connectivity index (χ2n) is 5.98. The van der Waals surface area contributed by atoms with Crippen molar-refractivity contribution in [3.8, 4) is 5.75 Å². The maximum Gasteiger partial charge on any atom is 0.270 e. The molecule has 0 saturated heterocycles. The van der Waals surface area contributed by atoms with Gasteiger partial charge in [0.2, 0.25) is 0 Å². The molecule has 2 aromatic carbocycles. The van der Waals surface area contributed by atoms with E-state index in [0.717, 1.165) is 11.3 Å². The van der Waals surface area contributed by atoms with E-state index in [4.69, 9.17) is 4.74 Å². The molecule has 28 heavy (non-hydrogen) atoms. The van der Waals surface area contributed by atoms with E-state index in [0.29, 0.717) is 31.1 Å². The molecule has 2 N–H and O–H groups in total. The van der Waals surface area contributed by atoms with Gasteiger partial charge >= 0.3 is 0 Å². The van der Waals surface area contributed by atoms with Crippen LogP contribution in [-0.4, -0.2) is 29.0 Å². The van der Waals surface area contributed by atoms with Gasteiger partial charge in [-0.15, -0.1) is 0 Å². The zero-order valence-electron chi connectivity index (χ0n) is 15.5. The van der Waals surface area contributed by atoms with E-state index in [1.54, 1.807) is 18.2 Å². The van der Waals surface area contributed by atoms with Crippen LogP contribution < -0.4 is 15.4 Å². The van der Waals surface area contributed by atoms with Crippen molar-refractivity contribution < 1.29 is 13.9 Å². The molecule has 144 valence electrons. The molecule has 1 aromatic heterocycles. The molecule has 1 amide bonds. The molecular formula is C21H21FN4O2. The largest absolute Gasteiger partial charge is 0.492 e. The third-order valence-electron chi connectivity index (χ3n) is 3.96. The highest BCUT2D eigenvalue weighted by Gasteiger charge is 2.10. The number of aromatic nitrogens is 2. The molecule has 3 rings (SSSR count). The predicted octanol–water partition coefficient (Wildman–Crippen LogP) is 3.73. The molecule has 0 aliphatic carbocycles. The maximum atomic E-state index is 12.9. The standard InChI is InChI=1S/C21H21FN4O2/c1-2-28-19-6-4-3-5-17(19)26-20-13-18(24-14-25-20)21(27)23-12-11-15-7-9-16(22)10-8-15/h3-10,13-14H,2,11-12H2,1H3,(H,23,27)(H,24,25,26). The molecule has 0 saturated carbocycles. The number of hydrogen-bond acceptors (Lipinski definition) is 5. The van der Waals surface area contributed by atoms with Gasteiger partial charge in [-0.3, -0.25) is 4.79 Å². The SMILES string of the molecule is CCOc1ccccc1Nc1cc(C(=O)NCCc2ccc(F)cc2)ncn1. The first-order valence-corrected chi connectivity index (χ1v) is 8.99. The van der Waals surface area contributed by atoms with Crippen molar-refractivity contribution in [2.45, 2.75) is 13.3 Å². The van der Waals surface area contributed by atoms with Crippen LogP contribution in [-0.2, 0) is 6.42 Å². The van der Waals surface area contributed by atoms with Crippen molar-refractivity contribution in [3.63, 3.8) is 0 Å². The van der Waals surface area contributed by atoms with Crippen molar-refractivity contribution in [3.05, 3.63) is 78.0 Å². The van der Waals surface area contributed by atoms with Gasteiger partial charge in [-0.1, -0.05) is 24.3 Å². The highest BCUT2D eigenvalue weighted by Crippen LogP contribution is 2.26. The summed E-state index contributed by atoms with van der Waals surface area (Å²) in [5, 5.41) is 5.96. The Bertz CT molecular complexity index is 932. The molecule has 0 bridgehead atoms. The number of carbonyl (C=O) groups excluding carboxylic acids is 1. The molecule has 6 nitrogen and oxygen atoms in total. The van der Waals surface area contributed by atoms with Crippen molar-refractivity contribution in [2.75, 3.05) is 18.5 Å². The first-order chi connectivity index (χ1) is 13.7. The van der Waals surface area contributed by atoms with Crippen LogP contribution in [0.5, 0.6) is 5.75 Å². The van der Waals surface area contributed by atoms with E-state index in [1.807, 2.05) is 31.2 Å². The smallest absolute Gasteiger partial charge is 0.270 e. The second kappa shape index (κ2) is 9.45. The van der Waals surface area contributed by atoms with E-state index in [2.05, 4.69) is 20.6 Å². The predicted molar refractivity (Wildman–Crippen MR) is 105 cm³/mol. The van der Waals surface area contributed by atoms with Gasteiger partial charge in [0.1, 0.15) is 29.4 Å². The third kappa shape index (κ3) is 5.26. The first-order valence-electron chi connectivity index (χ1n) is 8.99. The normalized spacial score (nSPS) is 10.4. The molecule has 0 atom stereocenters. The first kappa shape index (κ1) is 19.3. The Kier molecular flexibility index (Phi) is 6.51. The monoisotopic (exact) mass is 380 g/mol. The summed E-state index contributed by atoms with van der Waals surface area (Å²) in [5.41, 5.74) is 1.95. The number of para-hydroxylation sites is 2. The summed E-state index contributed by atoms with van der Waals surface area (Å²) in [5.74, 6) is 0.616. The van der Waals surface area contributed by atoms with Crippen LogP contribution in [0.3, 0.4) is 0 Å². The number of hydrogen-bond donors (Lipinski definition) is 2. The van der Waals surface area contributed by atoms with Crippen molar-refractivity contribution >= 4 is 17.4 Å². The van der Waals surface area contributed by atoms with E-state index in [1.165, 1.54) is 18.5 Å². The van der Waals surface area contributed by atoms with Crippen molar-refractivity contribution in [2.24, 2.45) is 0 Å². The number of halogens is 1. The van der Waals surface area contributed by atoms with Gasteiger partial charge in [0.05, 0.1) is 12.3 Å². The zero-order chi connectivity index (χ0) is 19.8. The van der Waals surface area contributed by atoms with E-state index < -0.39 is 0 Å². The van der Waals surface area contributed by atoms with Crippen molar-refractivity contribution in [1.29, 1.82) is 0 Å². The average molecular weight is 380 g/mol. The molecule has 0 radical (unpaired) electrons. The number of ether oxygens (including phenoxy) is 1. The molecule has 0 aliphatic heterocycles. The lowest BCUT2D eigenvalue weighted by molar-refractivity contribution is 0.0949. The van der Waals surface area contributed by atoms with Gasteiger partial charge in [0.15, 0.2) is 0 Å². The topological polar surface area (TPSA) is 76.1 Å². The zero-order valence-corrected chi connectivity index (χ0v) is 15.5. The Labute approximate surface area is 162 Å². The van der Waals surface area contributed by atoms with Crippen LogP contribution >= 0.6 is 0 Å². The summed E-state index contributed by atoms with van der Waals surface area (Å²) in [6, 6.07) is 15.3. The van der Waals surface area contributed by atoms with Gasteiger partial charge in [0, 0.05) is 12.6 Å². The number of amides is 1. The second-order valence-corrected chi connectivity index (χ2v) is 5.98. The van der Waals surface area contributed by atoms with Gasteiger partial charge in [-0.25, -0.2) is 14.4 Å². The van der Waals surface area contributed by atoms with Crippen LogP contribution in [0.1, 0.15) is 23.0 Å². The van der Waals surface area contributed by atoms with Crippen LogP contribution in [0.25, 0.3) is 0 Å². The summed E-state index contributed by atoms with van der Waals surface area (Å²) in [7, 11) is 0. The molecule has 7 heteroatoms. The Morgan fingerprint density at radius 2 is 1.89 bits per heavy atom. The summed E-state index contributed by atoms with van der Waals surface area (Å²) in [4.78, 5) is 20.5. The highest BCUT2D eigenvalue weighted by molar-refractivity contribution is 5.93. The number of rotatable bonds is 8. The van der Waals surface area contributed by atoms with Gasteiger partial charge in [-0.2, -0.15) is 0 Å². The van der Waals surface area contributed by atoms with Gasteiger partial charge in [-0.05, 0) is 43.2 Å². The lowest BCUT2D eigenvalue weighted by Crippen LogP contribution is -2.26. The van der Waals surface area contributed by atoms with Crippen LogP contribution in [0.2, 0.25) is 0 Å². The number of carbonyl (C=O) groups is 1. The fourth-order valence-corrected chi connectivity index (χ4v) is 2.60. The van der Waals surface area contributed by atoms with Crippen LogP contribution in [0.4, 0.5) is 15.9 Å². The lowest BCUT2D eigenvalue weighted by atomic mass is 10.1. The third-order valence-corrected chi connectivity index (χ3v) is 3.96. The van der Waals surface area contributed by atoms with Gasteiger partial charge in [0.25, 0.3) is 5.91 Å². The Balaban J connectivity index is 1.61. The number of benzene rings is 2. The van der Waals surface area contributed by atoms with Crippen LogP contribution in [0.15, 0.2) is 60.9 Å². The number of nitrogens with one attached hydrogen (secondary N) is 2. The molecule has 0 unspecified atom stereocenters. The van der Waals surface area contributed by atoms with Gasteiger partial charge < -0.3 is 15.4 Å². The maximum absolute atomic E-state index is 12.9. The minimum Gasteiger partial charge on any atom is -0.492 e. The molecule has 1 heterocycles. The van der Waals surface area contributed by atoms with Crippen LogP contribution in [0, 0.1) is 5.82 Å². The Morgan fingerprint density at radius 1 is 1.11 bits per heavy atom. The average Bonchev–Trinajstić information content (AvgIpc) is 2.71. The Morgan fingerprint density at radius 3 is 2.68 bits per heavy atom. The minimum atomic E-state index is -0.300. The molecular weight excluding hydrogens is 359 g/mol. The molecule has 0 aliphatic rings. The molecule has 0 fully saturated rings. The summed E-state index contributed by atoms with van der Waals surface area (Å²) in [6.45, 7) is 2.88. The van der Waals surface area contributed by atoms with E-state index in [9.17, 15) is 9.18 Å². The summed E-state index contributed by atoms with van der Waals surface area (Å²) < 4.78 is 18.5. The fraction of sp³-hybridized carbons (Fsp3) is 0.190. The molecule has 3 aromatic rings. The van der Waals surface area contributed by atoms with Crippen molar-refractivity contribution in [1.82, 2.24) is 15.3 Å².